The molecule has 0 amide bonds. The Hall–Kier alpha value is -4.85. The number of carboxylic acid groups (broad SMARTS) is 1. The van der Waals surface area contributed by atoms with Crippen molar-refractivity contribution in [1.82, 2.24) is 10.1 Å². The fourth-order valence-electron chi connectivity index (χ4n) is 4.03. The van der Waals surface area contributed by atoms with Crippen molar-refractivity contribution in [3.05, 3.63) is 95.1 Å². The molecular formula is C30H27F3N4O4. The van der Waals surface area contributed by atoms with Crippen molar-refractivity contribution in [3.63, 3.8) is 0 Å². The molecule has 11 heteroatoms. The van der Waals surface area contributed by atoms with Crippen LogP contribution in [0.3, 0.4) is 0 Å². The topological polar surface area (TPSA) is 112 Å². The third kappa shape index (κ3) is 7.63. The molecule has 0 atom stereocenters. The number of hydrogen-bond acceptors (Lipinski definition) is 7. The molecule has 1 heterocycles. The maximum atomic E-state index is 13.1. The molecule has 3 aromatic carbocycles. The average molecular weight is 565 g/mol. The van der Waals surface area contributed by atoms with Crippen molar-refractivity contribution >= 4 is 11.9 Å². The van der Waals surface area contributed by atoms with Crippen LogP contribution in [0.4, 0.5) is 19.1 Å². The fourth-order valence-corrected chi connectivity index (χ4v) is 4.03. The van der Waals surface area contributed by atoms with Gasteiger partial charge in [0.25, 0.3) is 11.8 Å². The van der Waals surface area contributed by atoms with Crippen molar-refractivity contribution in [2.45, 2.75) is 45.0 Å². The van der Waals surface area contributed by atoms with E-state index in [1.807, 2.05) is 6.07 Å². The molecule has 1 aromatic heterocycles. The van der Waals surface area contributed by atoms with Crippen LogP contribution >= 0.6 is 0 Å². The molecule has 4 rings (SSSR count). The Balaban J connectivity index is 1.52. The van der Waals surface area contributed by atoms with E-state index < -0.39 is 23.3 Å². The van der Waals surface area contributed by atoms with Gasteiger partial charge in [0.2, 0.25) is 0 Å². The summed E-state index contributed by atoms with van der Waals surface area (Å²) in [7, 11) is 0. The van der Waals surface area contributed by atoms with Gasteiger partial charge in [-0.25, -0.2) is 4.79 Å². The van der Waals surface area contributed by atoms with Gasteiger partial charge >= 0.3 is 12.1 Å². The van der Waals surface area contributed by atoms with Crippen LogP contribution in [0.5, 0.6) is 5.75 Å². The number of aliphatic carboxylic acids is 1. The number of ether oxygens (including phenoxy) is 1. The number of aromatic nitrogens is 2. The quantitative estimate of drug-likeness (QED) is 0.219. The van der Waals surface area contributed by atoms with Crippen LogP contribution in [0.1, 0.15) is 42.5 Å². The molecular weight excluding hydrogens is 537 g/mol. The predicted molar refractivity (Wildman–Crippen MR) is 144 cm³/mol. The van der Waals surface area contributed by atoms with Crippen molar-refractivity contribution in [3.8, 4) is 23.3 Å². The Bertz CT molecular complexity index is 1540. The highest BCUT2D eigenvalue weighted by atomic mass is 19.4. The minimum atomic E-state index is -4.43. The number of carboxylic acids is 1. The largest absolute Gasteiger partial charge is 0.478 e. The van der Waals surface area contributed by atoms with Crippen molar-refractivity contribution in [2.24, 2.45) is 0 Å². The number of nitriles is 1. The van der Waals surface area contributed by atoms with Gasteiger partial charge in [-0.1, -0.05) is 30.3 Å². The van der Waals surface area contributed by atoms with E-state index in [9.17, 15) is 28.3 Å². The monoisotopic (exact) mass is 564 g/mol. The molecule has 0 saturated heterocycles. The van der Waals surface area contributed by atoms with Crippen LogP contribution < -0.4 is 9.64 Å². The van der Waals surface area contributed by atoms with Crippen LogP contribution in [0.15, 0.2) is 77.3 Å². The Labute approximate surface area is 234 Å². The van der Waals surface area contributed by atoms with E-state index in [1.54, 1.807) is 47.4 Å². The third-order valence-electron chi connectivity index (χ3n) is 6.27. The predicted octanol–water partition coefficient (Wildman–Crippen LogP) is 6.51. The molecule has 212 valence electrons. The van der Waals surface area contributed by atoms with Crippen molar-refractivity contribution in [2.75, 3.05) is 11.4 Å². The van der Waals surface area contributed by atoms with Crippen LogP contribution in [-0.2, 0) is 23.9 Å². The second-order valence-electron chi connectivity index (χ2n) is 9.88. The summed E-state index contributed by atoms with van der Waals surface area (Å²) in [4.78, 5) is 17.7. The smallest absolute Gasteiger partial charge is 0.416 e. The lowest BCUT2D eigenvalue weighted by atomic mass is 10.1. The van der Waals surface area contributed by atoms with Gasteiger partial charge in [0.1, 0.15) is 5.75 Å². The minimum Gasteiger partial charge on any atom is -0.478 e. The van der Waals surface area contributed by atoms with Crippen molar-refractivity contribution in [1.29, 1.82) is 5.26 Å². The average Bonchev–Trinajstić information content (AvgIpc) is 3.43. The lowest BCUT2D eigenvalue weighted by molar-refractivity contribution is -0.152. The SMILES string of the molecule is CC(C)(Oc1cccc(CCCN(Cc2ccc(C(F)(F)F)cc2)c2noc(-c3cccc(C#N)c3)n2)c1)C(=O)O. The zero-order valence-corrected chi connectivity index (χ0v) is 22.4. The zero-order valence-electron chi connectivity index (χ0n) is 22.4. The summed E-state index contributed by atoms with van der Waals surface area (Å²) in [6, 6.07) is 20.8. The van der Waals surface area contributed by atoms with Crippen LogP contribution in [0.2, 0.25) is 0 Å². The van der Waals surface area contributed by atoms with Crippen LogP contribution in [-0.4, -0.2) is 33.4 Å². The number of rotatable bonds is 11. The maximum absolute atomic E-state index is 13.1. The summed E-state index contributed by atoms with van der Waals surface area (Å²) in [6.07, 6.45) is -3.22. The third-order valence-corrected chi connectivity index (χ3v) is 6.27. The first-order valence-corrected chi connectivity index (χ1v) is 12.7. The number of carbonyl (C=O) groups is 1. The molecule has 8 nitrogen and oxygen atoms in total. The van der Waals surface area contributed by atoms with Gasteiger partial charge in [-0.15, -0.1) is 0 Å². The van der Waals surface area contributed by atoms with Gasteiger partial charge in [0.05, 0.1) is 17.2 Å². The molecule has 0 aliphatic heterocycles. The molecule has 0 aliphatic carbocycles. The molecule has 0 unspecified atom stereocenters. The Morgan fingerprint density at radius 1 is 1.05 bits per heavy atom. The second-order valence-corrected chi connectivity index (χ2v) is 9.88. The van der Waals surface area contributed by atoms with E-state index in [4.69, 9.17) is 9.26 Å². The highest BCUT2D eigenvalue weighted by Crippen LogP contribution is 2.30. The highest BCUT2D eigenvalue weighted by molar-refractivity contribution is 5.76. The van der Waals surface area contributed by atoms with E-state index in [2.05, 4.69) is 16.2 Å². The molecule has 0 aliphatic rings. The van der Waals surface area contributed by atoms with Gasteiger partial charge in [-0.05, 0) is 85.4 Å². The van der Waals surface area contributed by atoms with Crippen LogP contribution in [0, 0.1) is 11.3 Å². The highest BCUT2D eigenvalue weighted by Gasteiger charge is 2.30. The normalized spacial score (nSPS) is 11.6. The van der Waals surface area contributed by atoms with Gasteiger partial charge < -0.3 is 19.3 Å². The summed E-state index contributed by atoms with van der Waals surface area (Å²) in [5.41, 5.74) is 0.419. The number of benzene rings is 3. The summed E-state index contributed by atoms with van der Waals surface area (Å²) in [5, 5.41) is 22.6. The zero-order chi connectivity index (χ0) is 29.6. The molecule has 0 saturated carbocycles. The second kappa shape index (κ2) is 12.1. The number of halogens is 3. The number of anilines is 1. The Morgan fingerprint density at radius 3 is 2.46 bits per heavy atom. The van der Waals surface area contributed by atoms with E-state index in [0.29, 0.717) is 41.8 Å². The molecule has 0 spiro atoms. The molecule has 0 bridgehead atoms. The summed E-state index contributed by atoms with van der Waals surface area (Å²) in [5.74, 6) is -0.192. The minimum absolute atomic E-state index is 0.209. The number of hydrogen-bond donors (Lipinski definition) is 1. The number of aryl methyl sites for hydroxylation is 1. The van der Waals surface area contributed by atoms with E-state index in [-0.39, 0.29) is 18.4 Å². The van der Waals surface area contributed by atoms with Crippen LogP contribution in [0.25, 0.3) is 11.5 Å². The van der Waals surface area contributed by atoms with E-state index >= 15 is 0 Å². The number of alkyl halides is 3. The van der Waals surface area contributed by atoms with E-state index in [0.717, 1.165) is 17.7 Å². The Morgan fingerprint density at radius 2 is 1.78 bits per heavy atom. The summed E-state index contributed by atoms with van der Waals surface area (Å²) >= 11 is 0. The number of nitrogens with zero attached hydrogens (tertiary/aromatic N) is 4. The Kier molecular flexibility index (Phi) is 8.62. The molecule has 41 heavy (non-hydrogen) atoms. The lowest BCUT2D eigenvalue weighted by Crippen LogP contribution is -2.37. The van der Waals surface area contributed by atoms with E-state index in [1.165, 1.54) is 26.0 Å². The molecule has 0 fully saturated rings. The van der Waals surface area contributed by atoms with Gasteiger partial charge in [0.15, 0.2) is 5.60 Å². The molecule has 0 radical (unpaired) electrons. The van der Waals surface area contributed by atoms with Gasteiger partial charge in [-0.2, -0.15) is 23.4 Å². The standard InChI is InChI=1S/C30H27F3N4O4/c1-29(2,27(38)39)40-25-10-4-6-20(17-25)8-5-15-37(19-21-11-13-24(14-12-21)30(31,32)33)28-35-26(41-36-28)23-9-3-7-22(16-23)18-34/h3-4,6-7,9-14,16-17H,5,8,15,19H2,1-2H3,(H,38,39). The first-order valence-electron chi connectivity index (χ1n) is 12.7. The first kappa shape index (κ1) is 29.1. The fraction of sp³-hybridized carbons (Fsp3) is 0.267. The van der Waals surface area contributed by atoms with Gasteiger partial charge in [0, 0.05) is 18.7 Å². The summed E-state index contributed by atoms with van der Waals surface area (Å²) < 4.78 is 50.2. The first-order chi connectivity index (χ1) is 19.4. The van der Waals surface area contributed by atoms with Crippen molar-refractivity contribution < 1.29 is 32.3 Å². The lowest BCUT2D eigenvalue weighted by Gasteiger charge is -2.22. The molecule has 1 N–H and O–H groups in total. The maximum Gasteiger partial charge on any atom is 0.416 e. The van der Waals surface area contributed by atoms with Gasteiger partial charge in [-0.3, -0.25) is 0 Å². The molecule has 4 aromatic rings. The summed E-state index contributed by atoms with van der Waals surface area (Å²) in [6.45, 7) is 3.60.